The topological polar surface area (TPSA) is 85.3 Å². The van der Waals surface area contributed by atoms with E-state index in [0.29, 0.717) is 11.3 Å². The summed E-state index contributed by atoms with van der Waals surface area (Å²) in [7, 11) is 0. The molecule has 1 heterocycles. The van der Waals surface area contributed by atoms with E-state index in [2.05, 4.69) is 5.32 Å². The Morgan fingerprint density at radius 3 is 2.67 bits per heavy atom. The molecule has 3 N–H and O–H groups in total. The van der Waals surface area contributed by atoms with Crippen molar-refractivity contribution >= 4 is 11.8 Å². The van der Waals surface area contributed by atoms with Crippen molar-refractivity contribution in [3.63, 3.8) is 0 Å². The van der Waals surface area contributed by atoms with Gasteiger partial charge in [-0.1, -0.05) is 24.3 Å². The normalized spacial score (nSPS) is 11.9. The van der Waals surface area contributed by atoms with Gasteiger partial charge >= 0.3 is 0 Å². The van der Waals surface area contributed by atoms with Crippen LogP contribution in [-0.4, -0.2) is 11.8 Å². The zero-order valence-electron chi connectivity index (χ0n) is 12.1. The van der Waals surface area contributed by atoms with E-state index in [9.17, 15) is 9.59 Å². The van der Waals surface area contributed by atoms with Gasteiger partial charge < -0.3 is 15.5 Å². The van der Waals surface area contributed by atoms with Gasteiger partial charge in [0.05, 0.1) is 18.0 Å². The fourth-order valence-corrected chi connectivity index (χ4v) is 2.14. The Balaban J connectivity index is 1.98. The number of nitrogens with one attached hydrogen (secondary N) is 1. The molecule has 21 heavy (non-hydrogen) atoms. The maximum absolute atomic E-state index is 12.2. The molecule has 2 amide bonds. The predicted octanol–water partition coefficient (Wildman–Crippen LogP) is 2.11. The van der Waals surface area contributed by atoms with E-state index in [1.807, 2.05) is 38.1 Å². The molecule has 2 aromatic rings. The van der Waals surface area contributed by atoms with E-state index in [1.54, 1.807) is 0 Å². The highest BCUT2D eigenvalue weighted by Crippen LogP contribution is 2.19. The lowest BCUT2D eigenvalue weighted by atomic mass is 9.96. The summed E-state index contributed by atoms with van der Waals surface area (Å²) in [6.45, 7) is 4.06. The van der Waals surface area contributed by atoms with Crippen molar-refractivity contribution in [3.05, 3.63) is 59.0 Å². The largest absolute Gasteiger partial charge is 0.467 e. The minimum Gasteiger partial charge on any atom is -0.467 e. The molecule has 0 saturated carbocycles. The number of rotatable bonds is 5. The van der Waals surface area contributed by atoms with Crippen LogP contribution < -0.4 is 11.1 Å². The van der Waals surface area contributed by atoms with Gasteiger partial charge in [-0.2, -0.15) is 0 Å². The van der Waals surface area contributed by atoms with Crippen LogP contribution in [0.4, 0.5) is 0 Å². The van der Waals surface area contributed by atoms with Crippen LogP contribution in [0.15, 0.2) is 41.0 Å². The average Bonchev–Trinajstić information content (AvgIpc) is 2.93. The Morgan fingerprint density at radius 2 is 2.05 bits per heavy atom. The highest BCUT2D eigenvalue weighted by Gasteiger charge is 2.17. The van der Waals surface area contributed by atoms with Crippen molar-refractivity contribution in [1.29, 1.82) is 0 Å². The second kappa shape index (κ2) is 6.26. The molecule has 0 fully saturated rings. The van der Waals surface area contributed by atoms with E-state index in [4.69, 9.17) is 10.2 Å². The summed E-state index contributed by atoms with van der Waals surface area (Å²) in [5.41, 5.74) is 7.51. The third-order valence-corrected chi connectivity index (χ3v) is 3.42. The van der Waals surface area contributed by atoms with E-state index >= 15 is 0 Å². The number of nitrogens with two attached hydrogens (primary N) is 1. The van der Waals surface area contributed by atoms with Gasteiger partial charge in [0.25, 0.3) is 5.91 Å². The SMILES string of the molecule is Cc1ccccc1C(C)C(=O)NCc1cc(C(N)=O)co1. The van der Waals surface area contributed by atoms with Crippen LogP contribution in [0.1, 0.15) is 40.1 Å². The zero-order chi connectivity index (χ0) is 15.4. The van der Waals surface area contributed by atoms with E-state index in [1.165, 1.54) is 12.3 Å². The number of primary amides is 1. The van der Waals surface area contributed by atoms with Crippen LogP contribution in [0, 0.1) is 6.92 Å². The molecule has 0 spiro atoms. The Kier molecular flexibility index (Phi) is 4.42. The molecule has 0 aliphatic heterocycles. The Morgan fingerprint density at radius 1 is 1.33 bits per heavy atom. The molecule has 110 valence electrons. The molecule has 0 bridgehead atoms. The lowest BCUT2D eigenvalue weighted by Crippen LogP contribution is -2.27. The average molecular weight is 286 g/mol. The van der Waals surface area contributed by atoms with Crippen molar-refractivity contribution in [2.24, 2.45) is 5.73 Å². The highest BCUT2D eigenvalue weighted by atomic mass is 16.3. The maximum atomic E-state index is 12.2. The molecule has 5 heteroatoms. The zero-order valence-corrected chi connectivity index (χ0v) is 12.1. The van der Waals surface area contributed by atoms with Gasteiger partial charge in [-0.05, 0) is 31.0 Å². The van der Waals surface area contributed by atoms with Gasteiger partial charge in [0.15, 0.2) is 0 Å². The first-order valence-corrected chi connectivity index (χ1v) is 6.69. The third-order valence-electron chi connectivity index (χ3n) is 3.42. The molecule has 1 unspecified atom stereocenters. The molecule has 1 atom stereocenters. The number of benzene rings is 1. The Hall–Kier alpha value is -2.56. The molecule has 0 saturated heterocycles. The van der Waals surface area contributed by atoms with Gasteiger partial charge in [0.2, 0.25) is 5.91 Å². The summed E-state index contributed by atoms with van der Waals surface area (Å²) < 4.78 is 5.17. The lowest BCUT2D eigenvalue weighted by molar-refractivity contribution is -0.122. The van der Waals surface area contributed by atoms with Gasteiger partial charge in [-0.25, -0.2) is 0 Å². The van der Waals surface area contributed by atoms with Crippen LogP contribution in [0.3, 0.4) is 0 Å². The lowest BCUT2D eigenvalue weighted by Gasteiger charge is -2.14. The fraction of sp³-hybridized carbons (Fsp3) is 0.250. The number of carbonyl (C=O) groups excluding carboxylic acids is 2. The molecule has 5 nitrogen and oxygen atoms in total. The molecule has 0 aliphatic carbocycles. The van der Waals surface area contributed by atoms with Crippen LogP contribution in [0.5, 0.6) is 0 Å². The second-order valence-electron chi connectivity index (χ2n) is 4.96. The first-order valence-electron chi connectivity index (χ1n) is 6.69. The summed E-state index contributed by atoms with van der Waals surface area (Å²) in [5, 5.41) is 2.79. The number of hydrogen-bond donors (Lipinski definition) is 2. The smallest absolute Gasteiger partial charge is 0.251 e. The monoisotopic (exact) mass is 286 g/mol. The van der Waals surface area contributed by atoms with Crippen molar-refractivity contribution in [2.45, 2.75) is 26.3 Å². The minimum absolute atomic E-state index is 0.0960. The molecular weight excluding hydrogens is 268 g/mol. The van der Waals surface area contributed by atoms with Crippen LogP contribution in [0.2, 0.25) is 0 Å². The number of aryl methyl sites for hydroxylation is 1. The second-order valence-corrected chi connectivity index (χ2v) is 4.96. The van der Waals surface area contributed by atoms with Crippen LogP contribution in [-0.2, 0) is 11.3 Å². The minimum atomic E-state index is -0.551. The highest BCUT2D eigenvalue weighted by molar-refractivity contribution is 5.92. The van der Waals surface area contributed by atoms with Gasteiger partial charge in [0, 0.05) is 0 Å². The molecule has 0 radical (unpaired) electrons. The third kappa shape index (κ3) is 3.51. The van der Waals surface area contributed by atoms with Gasteiger partial charge in [-0.3, -0.25) is 9.59 Å². The summed E-state index contributed by atoms with van der Waals surface area (Å²) in [4.78, 5) is 23.1. The number of hydrogen-bond acceptors (Lipinski definition) is 3. The summed E-state index contributed by atoms with van der Waals surface area (Å²) in [6.07, 6.45) is 1.29. The number of furan rings is 1. The first kappa shape index (κ1) is 14.8. The first-order chi connectivity index (χ1) is 9.99. The van der Waals surface area contributed by atoms with Crippen molar-refractivity contribution < 1.29 is 14.0 Å². The molecule has 1 aromatic heterocycles. The van der Waals surface area contributed by atoms with E-state index in [0.717, 1.165) is 11.1 Å². The summed E-state index contributed by atoms with van der Waals surface area (Å²) in [5.74, 6) is -0.406. The molecule has 1 aromatic carbocycles. The Bertz CT molecular complexity index is 661. The van der Waals surface area contributed by atoms with Gasteiger partial charge in [-0.15, -0.1) is 0 Å². The summed E-state index contributed by atoms with van der Waals surface area (Å²) >= 11 is 0. The maximum Gasteiger partial charge on any atom is 0.251 e. The van der Waals surface area contributed by atoms with Gasteiger partial charge in [0.1, 0.15) is 12.0 Å². The fourth-order valence-electron chi connectivity index (χ4n) is 2.14. The van der Waals surface area contributed by atoms with E-state index in [-0.39, 0.29) is 18.4 Å². The Labute approximate surface area is 123 Å². The number of amides is 2. The molecular formula is C16H18N2O3. The molecule has 2 rings (SSSR count). The van der Waals surface area contributed by atoms with E-state index < -0.39 is 5.91 Å². The summed E-state index contributed by atoms with van der Waals surface area (Å²) in [6, 6.07) is 9.30. The van der Waals surface area contributed by atoms with Crippen molar-refractivity contribution in [2.75, 3.05) is 0 Å². The quantitative estimate of drug-likeness (QED) is 0.882. The van der Waals surface area contributed by atoms with Crippen molar-refractivity contribution in [3.8, 4) is 0 Å². The van der Waals surface area contributed by atoms with Crippen LogP contribution in [0.25, 0.3) is 0 Å². The number of carbonyl (C=O) groups is 2. The van der Waals surface area contributed by atoms with Crippen molar-refractivity contribution in [1.82, 2.24) is 5.32 Å². The standard InChI is InChI=1S/C16H18N2O3/c1-10-5-3-4-6-14(10)11(2)16(20)18-8-13-7-12(9-21-13)15(17)19/h3-7,9,11H,8H2,1-2H3,(H2,17,19)(H,18,20). The van der Waals surface area contributed by atoms with Crippen LogP contribution >= 0.6 is 0 Å². The molecule has 0 aliphatic rings. The predicted molar refractivity (Wildman–Crippen MR) is 78.7 cm³/mol.